The summed E-state index contributed by atoms with van der Waals surface area (Å²) in [6, 6.07) is 5.47. The number of benzene rings is 1. The molecule has 0 bridgehead atoms. The van der Waals surface area contributed by atoms with E-state index in [1.807, 2.05) is 12.1 Å². The highest BCUT2D eigenvalue weighted by Crippen LogP contribution is 2.24. The third-order valence-electron chi connectivity index (χ3n) is 2.75. The topological polar surface area (TPSA) is 43.4 Å². The lowest BCUT2D eigenvalue weighted by Crippen LogP contribution is -2.71. The van der Waals surface area contributed by atoms with Crippen LogP contribution < -0.4 is 5.73 Å². The highest BCUT2D eigenvalue weighted by Gasteiger charge is 2.36. The van der Waals surface area contributed by atoms with Gasteiger partial charge in [0.05, 0.1) is 5.94 Å². The van der Waals surface area contributed by atoms with Gasteiger partial charge in [0.1, 0.15) is 0 Å². The zero-order chi connectivity index (χ0) is 12.6. The lowest BCUT2D eigenvalue weighted by atomic mass is 9.76. The first-order chi connectivity index (χ1) is 7.88. The Labute approximate surface area is 105 Å². The molecular weight excluding hydrogens is 296 g/mol. The van der Waals surface area contributed by atoms with Crippen molar-refractivity contribution in [2.24, 2.45) is 0 Å². The number of hydrogen-bond acceptors (Lipinski definition) is 0. The van der Waals surface area contributed by atoms with Gasteiger partial charge < -0.3 is 23.7 Å². The smallest absolute Gasteiger partial charge is 0.445 e. The fraction of sp³-hybridized carbons (Fsp3) is 0.200. The van der Waals surface area contributed by atoms with Gasteiger partial charge in [0.2, 0.25) is 0 Å². The lowest BCUT2D eigenvalue weighted by molar-refractivity contribution is -0.399. The van der Waals surface area contributed by atoms with Crippen molar-refractivity contribution in [1.29, 1.82) is 0 Å². The first kappa shape index (κ1) is 12.5. The molecule has 1 atom stereocenters. The maximum atomic E-state index is 12.5. The van der Waals surface area contributed by atoms with Crippen molar-refractivity contribution >= 4 is 33.8 Å². The molecule has 92 valence electrons. The first-order valence-corrected chi connectivity index (χ1v) is 5.96. The van der Waals surface area contributed by atoms with E-state index in [4.69, 9.17) is 0 Å². The SMILES string of the molecule is [NH3+]C(Cc1c[nH]c2cc(Br)ccc12)[B-](F)(F)F. The van der Waals surface area contributed by atoms with Crippen LogP contribution >= 0.6 is 15.9 Å². The number of rotatable bonds is 3. The van der Waals surface area contributed by atoms with Gasteiger partial charge in [-0.3, -0.25) is 0 Å². The number of halogens is 4. The second-order valence-electron chi connectivity index (χ2n) is 4.09. The van der Waals surface area contributed by atoms with E-state index in [1.54, 1.807) is 12.3 Å². The van der Waals surface area contributed by atoms with E-state index >= 15 is 0 Å². The summed E-state index contributed by atoms with van der Waals surface area (Å²) in [5, 5.41) is 0.821. The van der Waals surface area contributed by atoms with Crippen molar-refractivity contribution in [2.75, 3.05) is 0 Å². The summed E-state index contributed by atoms with van der Waals surface area (Å²) < 4.78 is 38.4. The highest BCUT2D eigenvalue weighted by atomic mass is 79.9. The van der Waals surface area contributed by atoms with Crippen LogP contribution in [0.4, 0.5) is 12.9 Å². The standard InChI is InChI=1S/C10H10BBrF3N2/c12-7-1-2-8-6(5-17-9(8)4-7)3-10(16)11(13,14)15/h1-2,4-5,10,17H,3,16H2/q-1/p+1. The summed E-state index contributed by atoms with van der Waals surface area (Å²) in [5.74, 6) is -1.52. The van der Waals surface area contributed by atoms with E-state index in [0.29, 0.717) is 5.56 Å². The quantitative estimate of drug-likeness (QED) is 0.818. The van der Waals surface area contributed by atoms with Crippen LogP contribution in [-0.2, 0) is 6.42 Å². The van der Waals surface area contributed by atoms with Gasteiger partial charge in [0, 0.05) is 28.0 Å². The minimum atomic E-state index is -4.88. The molecule has 0 amide bonds. The third-order valence-corrected chi connectivity index (χ3v) is 3.24. The van der Waals surface area contributed by atoms with Gasteiger partial charge >= 0.3 is 6.98 Å². The van der Waals surface area contributed by atoms with Crippen molar-refractivity contribution in [3.05, 3.63) is 34.4 Å². The van der Waals surface area contributed by atoms with Gasteiger partial charge in [0.15, 0.2) is 0 Å². The minimum Gasteiger partial charge on any atom is -0.445 e. The van der Waals surface area contributed by atoms with Crippen LogP contribution in [0.2, 0.25) is 0 Å². The molecule has 7 heteroatoms. The van der Waals surface area contributed by atoms with Crippen molar-refractivity contribution in [3.8, 4) is 0 Å². The molecule has 2 aromatic rings. The van der Waals surface area contributed by atoms with Crippen molar-refractivity contribution in [3.63, 3.8) is 0 Å². The first-order valence-electron chi connectivity index (χ1n) is 5.16. The van der Waals surface area contributed by atoms with Gasteiger partial charge in [-0.05, 0) is 17.7 Å². The Morgan fingerprint density at radius 1 is 1.35 bits per heavy atom. The van der Waals surface area contributed by atoms with Gasteiger partial charge in [-0.2, -0.15) is 0 Å². The molecule has 2 rings (SSSR count). The zero-order valence-corrected chi connectivity index (χ0v) is 10.5. The molecule has 4 N–H and O–H groups in total. The van der Waals surface area contributed by atoms with Crippen LogP contribution in [0.5, 0.6) is 0 Å². The number of quaternary nitrogens is 1. The van der Waals surface area contributed by atoms with Crippen LogP contribution in [0.1, 0.15) is 5.56 Å². The number of aromatic amines is 1. The normalized spacial score (nSPS) is 14.2. The van der Waals surface area contributed by atoms with Gasteiger partial charge in [0.25, 0.3) is 0 Å². The van der Waals surface area contributed by atoms with Crippen molar-refractivity contribution in [1.82, 2.24) is 4.98 Å². The molecule has 0 aliphatic heterocycles. The second-order valence-corrected chi connectivity index (χ2v) is 5.01. The van der Waals surface area contributed by atoms with Gasteiger partial charge in [-0.15, -0.1) is 0 Å². The second kappa shape index (κ2) is 4.38. The number of hydrogen-bond donors (Lipinski definition) is 2. The summed E-state index contributed by atoms with van der Waals surface area (Å²) >= 11 is 3.32. The Bertz CT molecular complexity index is 538. The fourth-order valence-electron chi connectivity index (χ4n) is 1.74. The number of nitrogens with one attached hydrogen (secondary N) is 1. The summed E-state index contributed by atoms with van der Waals surface area (Å²) in [5.41, 5.74) is 4.68. The van der Waals surface area contributed by atoms with Crippen LogP contribution in [-0.4, -0.2) is 17.9 Å². The maximum absolute atomic E-state index is 12.5. The van der Waals surface area contributed by atoms with Gasteiger partial charge in [-0.1, -0.05) is 22.0 Å². The predicted octanol–water partition coefficient (Wildman–Crippen LogP) is 2.47. The Hall–Kier alpha value is -0.945. The summed E-state index contributed by atoms with van der Waals surface area (Å²) in [6.07, 6.45) is 1.54. The lowest BCUT2D eigenvalue weighted by Gasteiger charge is -2.18. The van der Waals surface area contributed by atoms with Crippen LogP contribution in [0.25, 0.3) is 10.9 Å². The van der Waals surface area contributed by atoms with E-state index < -0.39 is 12.9 Å². The third kappa shape index (κ3) is 2.66. The van der Waals surface area contributed by atoms with E-state index in [2.05, 4.69) is 26.6 Å². The molecule has 1 unspecified atom stereocenters. The molecule has 0 aliphatic carbocycles. The van der Waals surface area contributed by atoms with Crippen molar-refractivity contribution in [2.45, 2.75) is 12.4 Å². The summed E-state index contributed by atoms with van der Waals surface area (Å²) in [7, 11) is 0. The van der Waals surface area contributed by atoms with E-state index in [9.17, 15) is 12.9 Å². The van der Waals surface area contributed by atoms with E-state index in [-0.39, 0.29) is 6.42 Å². The molecular formula is C10H11BBrF3N2. The molecule has 0 spiro atoms. The summed E-state index contributed by atoms with van der Waals surface area (Å²) in [4.78, 5) is 2.97. The largest absolute Gasteiger partial charge is 0.535 e. The van der Waals surface area contributed by atoms with E-state index in [1.165, 1.54) is 0 Å². The maximum Gasteiger partial charge on any atom is 0.535 e. The molecule has 1 aromatic carbocycles. The summed E-state index contributed by atoms with van der Waals surface area (Å²) in [6.45, 7) is -4.88. The molecule has 0 saturated carbocycles. The number of H-pyrrole nitrogens is 1. The molecule has 1 heterocycles. The molecule has 0 radical (unpaired) electrons. The Morgan fingerprint density at radius 3 is 2.71 bits per heavy atom. The molecule has 2 nitrogen and oxygen atoms in total. The highest BCUT2D eigenvalue weighted by molar-refractivity contribution is 9.10. The molecule has 0 aliphatic rings. The van der Waals surface area contributed by atoms with Crippen LogP contribution in [0.3, 0.4) is 0 Å². The molecule has 1 aromatic heterocycles. The number of fused-ring (bicyclic) bond motifs is 1. The van der Waals surface area contributed by atoms with Crippen LogP contribution in [0.15, 0.2) is 28.9 Å². The molecule has 0 fully saturated rings. The Kier molecular flexibility index (Phi) is 3.22. The monoisotopic (exact) mass is 306 g/mol. The number of aromatic nitrogens is 1. The fourth-order valence-corrected chi connectivity index (χ4v) is 2.10. The van der Waals surface area contributed by atoms with Crippen molar-refractivity contribution < 1.29 is 18.7 Å². The zero-order valence-electron chi connectivity index (χ0n) is 8.89. The predicted molar refractivity (Wildman–Crippen MR) is 65.5 cm³/mol. The minimum absolute atomic E-state index is 0.0782. The molecule has 0 saturated heterocycles. The Balaban J connectivity index is 2.31. The van der Waals surface area contributed by atoms with E-state index in [0.717, 1.165) is 15.4 Å². The average Bonchev–Trinajstić information content (AvgIpc) is 2.59. The van der Waals surface area contributed by atoms with Gasteiger partial charge in [-0.25, -0.2) is 0 Å². The molecule has 17 heavy (non-hydrogen) atoms. The average molecular weight is 307 g/mol. The Morgan fingerprint density at radius 2 is 2.06 bits per heavy atom. The van der Waals surface area contributed by atoms with Crippen LogP contribution in [0, 0.1) is 0 Å².